The molecule has 4 aromatic rings. The third-order valence-corrected chi connectivity index (χ3v) is 5.83. The average molecular weight is 471 g/mol. The molecule has 0 fully saturated rings. The van der Waals surface area contributed by atoms with E-state index in [1.165, 1.54) is 0 Å². The SMILES string of the molecule is C=C[C@H](C)CN(CC(C)C)c1cc(C(=O)Nc2cc3cc(-c4cnn(C)c4)ccc3cn2)ccn1.[HH]. The number of carbonyl (C=O) groups is 1. The fourth-order valence-corrected chi connectivity index (χ4v) is 4.00. The molecule has 1 atom stereocenters. The van der Waals surface area contributed by atoms with Gasteiger partial charge in [-0.1, -0.05) is 39.0 Å². The van der Waals surface area contributed by atoms with Gasteiger partial charge in [0.25, 0.3) is 5.91 Å². The quantitative estimate of drug-likeness (QED) is 0.312. The molecule has 7 heteroatoms. The molecule has 3 aromatic heterocycles. The fraction of sp³-hybridized carbons (Fsp3) is 0.286. The summed E-state index contributed by atoms with van der Waals surface area (Å²) in [6, 6.07) is 11.6. The first kappa shape index (κ1) is 24.1. The predicted octanol–water partition coefficient (Wildman–Crippen LogP) is 5.81. The summed E-state index contributed by atoms with van der Waals surface area (Å²) in [4.78, 5) is 24.3. The van der Waals surface area contributed by atoms with Crippen LogP contribution in [0, 0.1) is 11.8 Å². The van der Waals surface area contributed by atoms with E-state index in [1.54, 1.807) is 23.1 Å². The Bertz CT molecular complexity index is 1350. The van der Waals surface area contributed by atoms with Gasteiger partial charge in [-0.2, -0.15) is 5.10 Å². The minimum absolute atomic E-state index is 0. The average Bonchev–Trinajstić information content (AvgIpc) is 3.29. The van der Waals surface area contributed by atoms with Gasteiger partial charge in [-0.3, -0.25) is 9.48 Å². The zero-order chi connectivity index (χ0) is 24.9. The summed E-state index contributed by atoms with van der Waals surface area (Å²) < 4.78 is 1.78. The first-order chi connectivity index (χ1) is 16.8. The van der Waals surface area contributed by atoms with Crippen LogP contribution in [0.4, 0.5) is 11.6 Å². The van der Waals surface area contributed by atoms with Crippen molar-refractivity contribution < 1.29 is 6.22 Å². The van der Waals surface area contributed by atoms with Gasteiger partial charge in [0.1, 0.15) is 11.6 Å². The zero-order valence-corrected chi connectivity index (χ0v) is 20.8. The van der Waals surface area contributed by atoms with E-state index in [1.807, 2.05) is 49.8 Å². The maximum atomic E-state index is 13.1. The van der Waals surface area contributed by atoms with Crippen LogP contribution >= 0.6 is 0 Å². The maximum absolute atomic E-state index is 13.1. The summed E-state index contributed by atoms with van der Waals surface area (Å²) in [7, 11) is 1.90. The lowest BCUT2D eigenvalue weighted by Gasteiger charge is -2.27. The number of anilines is 2. The second-order valence-electron chi connectivity index (χ2n) is 9.40. The summed E-state index contributed by atoms with van der Waals surface area (Å²) in [6.07, 6.45) is 9.21. The number of hydrogen-bond acceptors (Lipinski definition) is 5. The summed E-state index contributed by atoms with van der Waals surface area (Å²) in [6.45, 7) is 12.0. The summed E-state index contributed by atoms with van der Waals surface area (Å²) >= 11 is 0. The Kier molecular flexibility index (Phi) is 7.25. The smallest absolute Gasteiger partial charge is 0.257 e. The molecule has 35 heavy (non-hydrogen) atoms. The van der Waals surface area contributed by atoms with E-state index in [2.05, 4.69) is 58.7 Å². The molecule has 0 radical (unpaired) electrons. The van der Waals surface area contributed by atoms with Crippen LogP contribution in [-0.2, 0) is 7.05 Å². The minimum Gasteiger partial charge on any atom is -0.356 e. The van der Waals surface area contributed by atoms with Crippen LogP contribution in [0.1, 0.15) is 32.6 Å². The molecule has 0 saturated carbocycles. The van der Waals surface area contributed by atoms with Crippen LogP contribution in [0.2, 0.25) is 0 Å². The minimum atomic E-state index is -0.217. The topological polar surface area (TPSA) is 75.9 Å². The van der Waals surface area contributed by atoms with E-state index in [9.17, 15) is 4.79 Å². The van der Waals surface area contributed by atoms with E-state index in [0.29, 0.717) is 23.2 Å². The van der Waals surface area contributed by atoms with Crippen LogP contribution in [0.15, 0.2) is 73.8 Å². The second-order valence-corrected chi connectivity index (χ2v) is 9.40. The number of aromatic nitrogens is 4. The number of hydrogen-bond donors (Lipinski definition) is 1. The molecule has 4 rings (SSSR count). The Labute approximate surface area is 208 Å². The zero-order valence-electron chi connectivity index (χ0n) is 20.8. The third-order valence-electron chi connectivity index (χ3n) is 5.83. The maximum Gasteiger partial charge on any atom is 0.257 e. The number of pyridine rings is 2. The van der Waals surface area contributed by atoms with E-state index in [4.69, 9.17) is 0 Å². The molecule has 0 bridgehead atoms. The van der Waals surface area contributed by atoms with E-state index in [0.717, 1.165) is 40.8 Å². The van der Waals surface area contributed by atoms with Crippen molar-refractivity contribution in [3.05, 3.63) is 79.4 Å². The highest BCUT2D eigenvalue weighted by molar-refractivity contribution is 6.05. The van der Waals surface area contributed by atoms with Gasteiger partial charge in [-0.15, -0.1) is 6.58 Å². The molecular formula is C28H34N6O. The van der Waals surface area contributed by atoms with Crippen molar-refractivity contribution in [3.63, 3.8) is 0 Å². The Morgan fingerprint density at radius 1 is 1.09 bits per heavy atom. The van der Waals surface area contributed by atoms with Gasteiger partial charge in [0, 0.05) is 56.7 Å². The Morgan fingerprint density at radius 3 is 2.63 bits per heavy atom. The number of rotatable bonds is 9. The van der Waals surface area contributed by atoms with Crippen molar-refractivity contribution >= 4 is 28.3 Å². The number of nitrogens with zero attached hydrogens (tertiary/aromatic N) is 5. The van der Waals surface area contributed by atoms with Crippen molar-refractivity contribution in [3.8, 4) is 11.1 Å². The van der Waals surface area contributed by atoms with Crippen molar-refractivity contribution in [2.45, 2.75) is 20.8 Å². The van der Waals surface area contributed by atoms with Crippen LogP contribution in [0.5, 0.6) is 0 Å². The summed E-state index contributed by atoms with van der Waals surface area (Å²) in [5, 5.41) is 9.19. The van der Waals surface area contributed by atoms with Crippen LogP contribution in [-0.4, -0.2) is 38.7 Å². The Hall–Kier alpha value is -4.00. The normalized spacial score (nSPS) is 12.0. The molecule has 0 saturated heterocycles. The number of nitrogens with one attached hydrogen (secondary N) is 1. The molecule has 0 unspecified atom stereocenters. The first-order valence-corrected chi connectivity index (χ1v) is 11.9. The summed E-state index contributed by atoms with van der Waals surface area (Å²) in [5.41, 5.74) is 2.64. The predicted molar refractivity (Wildman–Crippen MR) is 145 cm³/mol. The largest absolute Gasteiger partial charge is 0.356 e. The number of benzene rings is 1. The molecule has 182 valence electrons. The molecule has 0 aliphatic heterocycles. The van der Waals surface area contributed by atoms with Gasteiger partial charge in [0.15, 0.2) is 0 Å². The highest BCUT2D eigenvalue weighted by Crippen LogP contribution is 2.25. The lowest BCUT2D eigenvalue weighted by Crippen LogP contribution is -2.32. The highest BCUT2D eigenvalue weighted by atomic mass is 16.1. The molecule has 3 heterocycles. The van der Waals surface area contributed by atoms with E-state index < -0.39 is 0 Å². The van der Waals surface area contributed by atoms with Gasteiger partial charge in [0.05, 0.1) is 6.20 Å². The fourth-order valence-electron chi connectivity index (χ4n) is 4.00. The monoisotopic (exact) mass is 470 g/mol. The number of amides is 1. The number of fused-ring (bicyclic) bond motifs is 1. The van der Waals surface area contributed by atoms with Gasteiger partial charge in [-0.05, 0) is 47.1 Å². The Balaban J connectivity index is 0.00000361. The van der Waals surface area contributed by atoms with Crippen LogP contribution < -0.4 is 10.2 Å². The lowest BCUT2D eigenvalue weighted by atomic mass is 10.1. The lowest BCUT2D eigenvalue weighted by molar-refractivity contribution is 0.102. The van der Waals surface area contributed by atoms with Crippen molar-refractivity contribution in [1.29, 1.82) is 0 Å². The van der Waals surface area contributed by atoms with E-state index >= 15 is 0 Å². The highest BCUT2D eigenvalue weighted by Gasteiger charge is 2.15. The molecule has 0 spiro atoms. The number of aryl methyl sites for hydroxylation is 1. The molecule has 0 aliphatic carbocycles. The van der Waals surface area contributed by atoms with E-state index in [-0.39, 0.29) is 7.33 Å². The first-order valence-electron chi connectivity index (χ1n) is 11.9. The standard InChI is InChI=1S/C28H32N6O.H2/c1-6-20(4)17-34(16-19(2)3)27-13-22(9-10-29-27)28(35)32-26-12-24-11-21(7-8-23(24)14-30-26)25-15-31-33(5)18-25;/h6-15,18-20H,1,16-17H2,2-5H3,(H,30,32,35);1H/t20-;/m0./s1. The molecule has 1 aromatic carbocycles. The molecule has 1 N–H and O–H groups in total. The van der Waals surface area contributed by atoms with Crippen molar-refractivity contribution in [1.82, 2.24) is 19.7 Å². The molecular weight excluding hydrogens is 436 g/mol. The van der Waals surface area contributed by atoms with Gasteiger partial charge < -0.3 is 10.2 Å². The van der Waals surface area contributed by atoms with Gasteiger partial charge >= 0.3 is 0 Å². The number of carbonyl (C=O) groups excluding carboxylic acids is 1. The van der Waals surface area contributed by atoms with Crippen LogP contribution in [0.3, 0.4) is 0 Å². The van der Waals surface area contributed by atoms with Gasteiger partial charge in [0.2, 0.25) is 0 Å². The molecule has 1 amide bonds. The molecule has 7 nitrogen and oxygen atoms in total. The molecule has 0 aliphatic rings. The summed E-state index contributed by atoms with van der Waals surface area (Å²) in [5.74, 6) is 1.84. The Morgan fingerprint density at radius 2 is 1.91 bits per heavy atom. The third kappa shape index (κ3) is 5.93. The van der Waals surface area contributed by atoms with Crippen molar-refractivity contribution in [2.24, 2.45) is 18.9 Å². The second kappa shape index (κ2) is 10.5. The van der Waals surface area contributed by atoms with Gasteiger partial charge in [-0.25, -0.2) is 9.97 Å². The van der Waals surface area contributed by atoms with Crippen molar-refractivity contribution in [2.75, 3.05) is 23.3 Å². The van der Waals surface area contributed by atoms with Crippen LogP contribution in [0.25, 0.3) is 21.9 Å².